The van der Waals surface area contributed by atoms with Crippen molar-refractivity contribution in [2.24, 2.45) is 0 Å². The molecule has 80 valence electrons. The summed E-state index contributed by atoms with van der Waals surface area (Å²) in [5.74, 6) is 0. The summed E-state index contributed by atoms with van der Waals surface area (Å²) in [7, 11) is 4.09. The molecule has 0 saturated heterocycles. The van der Waals surface area contributed by atoms with Gasteiger partial charge in [-0.15, -0.1) is 0 Å². The minimum atomic E-state index is 0.537. The van der Waals surface area contributed by atoms with Crippen LogP contribution in [0.3, 0.4) is 0 Å². The minimum Gasteiger partial charge on any atom is -0.500 e. The predicted molar refractivity (Wildman–Crippen MR) is 60.4 cm³/mol. The van der Waals surface area contributed by atoms with Crippen molar-refractivity contribution in [2.45, 2.75) is 39.2 Å². The summed E-state index contributed by atoms with van der Waals surface area (Å²) in [5, 5.41) is 0. The lowest BCUT2D eigenvalue weighted by Crippen LogP contribution is -2.40. The molecule has 0 aromatic rings. The third-order valence-electron chi connectivity index (χ3n) is 2.49. The van der Waals surface area contributed by atoms with Gasteiger partial charge in [0.25, 0.3) is 0 Å². The summed E-state index contributed by atoms with van der Waals surface area (Å²) in [5.41, 5.74) is 5.70. The predicted octanol–water partition coefficient (Wildman–Crippen LogP) is 2.35. The van der Waals surface area contributed by atoms with E-state index in [9.17, 15) is 0 Å². The second-order valence-corrected chi connectivity index (χ2v) is 3.53. The van der Waals surface area contributed by atoms with Gasteiger partial charge in [0.15, 0.2) is 0 Å². The van der Waals surface area contributed by atoms with Gasteiger partial charge in [-0.25, -0.2) is 0 Å². The normalized spacial score (nSPS) is 24.9. The van der Waals surface area contributed by atoms with Crippen LogP contribution in [-0.4, -0.2) is 36.1 Å². The highest BCUT2D eigenvalue weighted by Gasteiger charge is 2.23. The fraction of sp³-hybridized carbons (Fsp3) is 0.727. The van der Waals surface area contributed by atoms with Crippen molar-refractivity contribution in [3.63, 3.8) is 0 Å². The van der Waals surface area contributed by atoms with Gasteiger partial charge in [-0.2, -0.15) is 0 Å². The number of allylic oxidation sites excluding steroid dienone is 1. The van der Waals surface area contributed by atoms with Gasteiger partial charge >= 0.3 is 0 Å². The molecule has 0 aromatic carbocycles. The maximum Gasteiger partial charge on any atom is 0.225 e. The Bertz CT molecular complexity index is 243. The van der Waals surface area contributed by atoms with E-state index in [1.54, 1.807) is 0 Å². The minimum absolute atomic E-state index is 0.537. The van der Waals surface area contributed by atoms with Gasteiger partial charge in [-0.1, -0.05) is 25.6 Å². The maximum absolute atomic E-state index is 4.45. The highest BCUT2D eigenvalue weighted by Crippen LogP contribution is 2.27. The van der Waals surface area contributed by atoms with E-state index >= 15 is 0 Å². The Labute approximate surface area is 87.1 Å². The van der Waals surface area contributed by atoms with Crippen LogP contribution in [0.1, 0.15) is 33.1 Å². The van der Waals surface area contributed by atoms with E-state index in [1.807, 2.05) is 31.9 Å². The second kappa shape index (κ2) is 5.03. The van der Waals surface area contributed by atoms with Gasteiger partial charge in [-0.3, -0.25) is 4.90 Å². The smallest absolute Gasteiger partial charge is 0.225 e. The first-order chi connectivity index (χ1) is 6.77. The quantitative estimate of drug-likeness (QED) is 0.543. The summed E-state index contributed by atoms with van der Waals surface area (Å²) in [6.07, 6.45) is 8.04. The molecule has 0 radical (unpaired) electrons. The Kier molecular flexibility index (Phi) is 3.98. The molecule has 1 atom stereocenters. The van der Waals surface area contributed by atoms with Crippen molar-refractivity contribution >= 4 is 6.34 Å². The lowest BCUT2D eigenvalue weighted by molar-refractivity contribution is -0.446. The maximum atomic E-state index is 4.45. The first kappa shape index (κ1) is 11.1. The number of rotatable bonds is 0. The highest BCUT2D eigenvalue weighted by molar-refractivity contribution is 5.53. The van der Waals surface area contributed by atoms with Gasteiger partial charge in [-0.05, 0) is 19.3 Å². The monoisotopic (exact) mass is 195 g/mol. The molecule has 0 fully saturated rings. The van der Waals surface area contributed by atoms with Crippen molar-refractivity contribution in [2.75, 3.05) is 14.1 Å². The Hall–Kier alpha value is -0.990. The van der Waals surface area contributed by atoms with E-state index in [2.05, 4.69) is 23.4 Å². The first-order valence-corrected chi connectivity index (χ1v) is 5.49. The van der Waals surface area contributed by atoms with Crippen LogP contribution in [-0.2, 0) is 0 Å². The molecule has 0 N–H and O–H groups in total. The van der Waals surface area contributed by atoms with Crippen molar-refractivity contribution in [1.29, 1.82) is 0 Å². The lowest BCUT2D eigenvalue weighted by Gasteiger charge is -2.39. The SMILES string of the molecule is CC.CN1C=[N+](C)[N-]C2=CCCCC21. The van der Waals surface area contributed by atoms with Gasteiger partial charge in [0, 0.05) is 0 Å². The molecule has 3 nitrogen and oxygen atoms in total. The molecule has 0 spiro atoms. The first-order valence-electron chi connectivity index (χ1n) is 5.49. The molecule has 2 rings (SSSR count). The second-order valence-electron chi connectivity index (χ2n) is 3.53. The van der Waals surface area contributed by atoms with Gasteiger partial charge < -0.3 is 10.1 Å². The number of likely N-dealkylation sites (N-methyl/N-ethyl adjacent to an activating group) is 1. The van der Waals surface area contributed by atoms with Crippen LogP contribution in [0.2, 0.25) is 0 Å². The third kappa shape index (κ3) is 2.28. The van der Waals surface area contributed by atoms with Gasteiger partial charge in [0.2, 0.25) is 6.34 Å². The average molecular weight is 195 g/mol. The molecule has 2 aliphatic rings. The van der Waals surface area contributed by atoms with Crippen LogP contribution in [0, 0.1) is 0 Å². The van der Waals surface area contributed by atoms with Gasteiger partial charge in [0.1, 0.15) is 6.04 Å². The number of fused-ring (bicyclic) bond motifs is 1. The van der Waals surface area contributed by atoms with Crippen LogP contribution in [0.5, 0.6) is 0 Å². The van der Waals surface area contributed by atoms with Crippen LogP contribution >= 0.6 is 0 Å². The van der Waals surface area contributed by atoms with E-state index < -0.39 is 0 Å². The Balaban J connectivity index is 0.000000461. The molecular weight excluding hydrogens is 174 g/mol. The number of hydrogen-bond acceptors (Lipinski definition) is 1. The zero-order valence-corrected chi connectivity index (χ0v) is 9.70. The molecule has 14 heavy (non-hydrogen) atoms. The molecule has 0 saturated carbocycles. The van der Waals surface area contributed by atoms with E-state index in [0.717, 1.165) is 0 Å². The topological polar surface area (TPSA) is 20.4 Å². The molecule has 1 unspecified atom stereocenters. The largest absolute Gasteiger partial charge is 0.500 e. The average Bonchev–Trinajstić information content (AvgIpc) is 2.20. The number of hydrogen-bond donors (Lipinski definition) is 0. The molecule has 3 heteroatoms. The van der Waals surface area contributed by atoms with Crippen LogP contribution in [0.25, 0.3) is 5.43 Å². The number of nitrogens with zero attached hydrogens (tertiary/aromatic N) is 3. The Morgan fingerprint density at radius 3 is 2.93 bits per heavy atom. The Morgan fingerprint density at radius 1 is 1.50 bits per heavy atom. The van der Waals surface area contributed by atoms with E-state index in [1.165, 1.54) is 25.0 Å². The molecule has 0 aromatic heterocycles. The van der Waals surface area contributed by atoms with Crippen LogP contribution in [0.4, 0.5) is 0 Å². The fourth-order valence-electron chi connectivity index (χ4n) is 1.92. The zero-order valence-electron chi connectivity index (χ0n) is 9.70. The van der Waals surface area contributed by atoms with Crippen molar-refractivity contribution < 1.29 is 4.68 Å². The molecular formula is C11H21N3. The van der Waals surface area contributed by atoms with Gasteiger partial charge in [0.05, 0.1) is 14.1 Å². The summed E-state index contributed by atoms with van der Waals surface area (Å²) in [6, 6.07) is 0.537. The standard InChI is InChI=1S/C9H15N3.C2H6/c1-11-7-12(2)10-8-5-3-4-6-9(8)11;1-2/h5,7,9H,3-4,6H2,1-2H3;1-2H3. The Morgan fingerprint density at radius 2 is 2.21 bits per heavy atom. The van der Waals surface area contributed by atoms with Crippen LogP contribution in [0.15, 0.2) is 11.8 Å². The van der Waals surface area contributed by atoms with Crippen molar-refractivity contribution in [3.8, 4) is 0 Å². The summed E-state index contributed by atoms with van der Waals surface area (Å²) in [4.78, 5) is 2.25. The van der Waals surface area contributed by atoms with E-state index in [4.69, 9.17) is 0 Å². The lowest BCUT2D eigenvalue weighted by atomic mass is 9.98. The van der Waals surface area contributed by atoms with Crippen molar-refractivity contribution in [1.82, 2.24) is 4.90 Å². The molecule has 1 heterocycles. The molecule has 0 bridgehead atoms. The zero-order chi connectivity index (χ0) is 10.6. The molecule has 0 amide bonds. The molecule has 1 aliphatic heterocycles. The molecule has 1 aliphatic carbocycles. The summed E-state index contributed by atoms with van der Waals surface area (Å²) >= 11 is 0. The van der Waals surface area contributed by atoms with Crippen molar-refractivity contribution in [3.05, 3.63) is 17.2 Å². The summed E-state index contributed by atoms with van der Waals surface area (Å²) < 4.78 is 1.88. The fourth-order valence-corrected chi connectivity index (χ4v) is 1.92. The van der Waals surface area contributed by atoms with E-state index in [-0.39, 0.29) is 0 Å². The third-order valence-corrected chi connectivity index (χ3v) is 2.49. The highest BCUT2D eigenvalue weighted by atomic mass is 15.5. The van der Waals surface area contributed by atoms with Crippen LogP contribution < -0.4 is 0 Å². The van der Waals surface area contributed by atoms with E-state index in [0.29, 0.717) is 6.04 Å². The summed E-state index contributed by atoms with van der Waals surface area (Å²) in [6.45, 7) is 4.00.